The minimum atomic E-state index is -0.645. The van der Waals surface area contributed by atoms with E-state index in [0.29, 0.717) is 17.9 Å². The van der Waals surface area contributed by atoms with Crippen LogP contribution in [-0.2, 0) is 13.1 Å². The van der Waals surface area contributed by atoms with Gasteiger partial charge in [-0.3, -0.25) is 0 Å². The number of hydrogen-bond acceptors (Lipinski definition) is 3. The molecule has 1 saturated heterocycles. The highest BCUT2D eigenvalue weighted by atomic mass is 19.1. The van der Waals surface area contributed by atoms with Gasteiger partial charge in [0.05, 0.1) is 6.54 Å². The maximum atomic E-state index is 14.2. The smallest absolute Gasteiger partial charge is 0.318 e. The Morgan fingerprint density at radius 3 is 2.58 bits per heavy atom. The Kier molecular flexibility index (Phi) is 7.85. The average Bonchev–Trinajstić information content (AvgIpc) is 2.77. The van der Waals surface area contributed by atoms with E-state index in [1.807, 2.05) is 19.2 Å². The number of nitrogens with one attached hydrogen (secondary N) is 1. The van der Waals surface area contributed by atoms with Crippen molar-refractivity contribution in [1.82, 2.24) is 15.1 Å². The zero-order valence-corrected chi connectivity index (χ0v) is 17.6. The molecule has 0 aromatic heterocycles. The largest absolute Gasteiger partial charge is 0.481 e. The van der Waals surface area contributed by atoms with E-state index in [1.165, 1.54) is 12.1 Å². The number of benzene rings is 2. The molecule has 1 heterocycles. The summed E-state index contributed by atoms with van der Waals surface area (Å²) in [7, 11) is 2.04. The zero-order valence-electron chi connectivity index (χ0n) is 17.6. The molecular formula is C24H27F2N3O2. The number of piperidine rings is 1. The first kappa shape index (κ1) is 22.6. The molecule has 0 aliphatic carbocycles. The van der Waals surface area contributed by atoms with E-state index in [0.717, 1.165) is 37.6 Å². The van der Waals surface area contributed by atoms with Gasteiger partial charge < -0.3 is 19.9 Å². The van der Waals surface area contributed by atoms with Crippen molar-refractivity contribution in [3.8, 4) is 18.1 Å². The second-order valence-corrected chi connectivity index (χ2v) is 7.69. The minimum Gasteiger partial charge on any atom is -0.481 e. The van der Waals surface area contributed by atoms with Gasteiger partial charge in [0.25, 0.3) is 0 Å². The van der Waals surface area contributed by atoms with E-state index in [-0.39, 0.29) is 25.2 Å². The van der Waals surface area contributed by atoms with Gasteiger partial charge in [0.2, 0.25) is 0 Å². The van der Waals surface area contributed by atoms with Crippen LogP contribution in [0.2, 0.25) is 0 Å². The third kappa shape index (κ3) is 6.43. The van der Waals surface area contributed by atoms with Gasteiger partial charge in [0.1, 0.15) is 24.0 Å². The number of amides is 2. The molecule has 2 amide bonds. The lowest BCUT2D eigenvalue weighted by Gasteiger charge is -2.37. The van der Waals surface area contributed by atoms with Crippen LogP contribution in [0.4, 0.5) is 13.6 Å². The standard InChI is InChI=1S/C24H27F2N3O2/c1-3-14-31-22-8-4-18(5-9-22)16-27-24(30)29(21-10-12-28(2)13-11-21)17-19-6-7-20(25)15-23(19)26/h1,4-9,15,21H,10-14,16-17H2,2H3,(H,27,30). The molecule has 2 aromatic rings. The van der Waals surface area contributed by atoms with E-state index in [2.05, 4.69) is 16.1 Å². The van der Waals surface area contributed by atoms with E-state index in [1.54, 1.807) is 17.0 Å². The second-order valence-electron chi connectivity index (χ2n) is 7.69. The van der Waals surface area contributed by atoms with Crippen LogP contribution in [0, 0.1) is 24.0 Å². The molecule has 5 nitrogen and oxygen atoms in total. The lowest BCUT2D eigenvalue weighted by molar-refractivity contribution is 0.126. The summed E-state index contributed by atoms with van der Waals surface area (Å²) in [4.78, 5) is 16.9. The van der Waals surface area contributed by atoms with Crippen LogP contribution in [0.15, 0.2) is 42.5 Å². The Morgan fingerprint density at radius 2 is 1.94 bits per heavy atom. The van der Waals surface area contributed by atoms with E-state index < -0.39 is 11.6 Å². The molecule has 0 atom stereocenters. The summed E-state index contributed by atoms with van der Waals surface area (Å²) < 4.78 is 32.9. The van der Waals surface area contributed by atoms with E-state index in [4.69, 9.17) is 11.2 Å². The Hall–Kier alpha value is -3.11. The Morgan fingerprint density at radius 1 is 1.23 bits per heavy atom. The SMILES string of the molecule is C#CCOc1ccc(CNC(=O)N(Cc2ccc(F)cc2F)C2CCN(C)CC2)cc1. The molecule has 1 N–H and O–H groups in total. The molecule has 2 aromatic carbocycles. The summed E-state index contributed by atoms with van der Waals surface area (Å²) in [5, 5.41) is 2.92. The molecular weight excluding hydrogens is 400 g/mol. The van der Waals surface area contributed by atoms with Crippen molar-refractivity contribution in [2.75, 3.05) is 26.7 Å². The fraction of sp³-hybridized carbons (Fsp3) is 0.375. The number of terminal acetylenes is 1. The van der Waals surface area contributed by atoms with E-state index in [9.17, 15) is 13.6 Å². The van der Waals surface area contributed by atoms with Crippen molar-refractivity contribution in [1.29, 1.82) is 0 Å². The minimum absolute atomic E-state index is 0.0137. The number of halogens is 2. The first-order chi connectivity index (χ1) is 15.0. The third-order valence-corrected chi connectivity index (χ3v) is 5.43. The molecule has 7 heteroatoms. The lowest BCUT2D eigenvalue weighted by Crippen LogP contribution is -2.49. The van der Waals surface area contributed by atoms with Gasteiger partial charge in [-0.25, -0.2) is 13.6 Å². The van der Waals surface area contributed by atoms with Crippen LogP contribution in [0.5, 0.6) is 5.75 Å². The maximum absolute atomic E-state index is 14.2. The first-order valence-electron chi connectivity index (χ1n) is 10.3. The molecule has 0 unspecified atom stereocenters. The van der Waals surface area contributed by atoms with Gasteiger partial charge in [-0.05, 0) is 56.7 Å². The number of ether oxygens (including phenoxy) is 1. The van der Waals surface area contributed by atoms with Crippen molar-refractivity contribution in [3.63, 3.8) is 0 Å². The number of carbonyl (C=O) groups excluding carboxylic acids is 1. The van der Waals surface area contributed by atoms with Crippen molar-refractivity contribution in [2.45, 2.75) is 32.0 Å². The molecule has 1 aliphatic rings. The van der Waals surface area contributed by atoms with Crippen molar-refractivity contribution in [3.05, 3.63) is 65.2 Å². The van der Waals surface area contributed by atoms with Crippen LogP contribution in [0.3, 0.4) is 0 Å². The molecule has 0 saturated carbocycles. The van der Waals surface area contributed by atoms with E-state index >= 15 is 0 Å². The van der Waals surface area contributed by atoms with Gasteiger partial charge in [-0.2, -0.15) is 0 Å². The van der Waals surface area contributed by atoms with Gasteiger partial charge in [0.15, 0.2) is 0 Å². The summed E-state index contributed by atoms with van der Waals surface area (Å²) in [6.45, 7) is 2.33. The number of likely N-dealkylation sites (tertiary alicyclic amines) is 1. The predicted octanol–water partition coefficient (Wildman–Crippen LogP) is 3.78. The summed E-state index contributed by atoms with van der Waals surface area (Å²) in [6, 6.07) is 10.5. The number of rotatable bonds is 7. The monoisotopic (exact) mass is 427 g/mol. The fourth-order valence-corrected chi connectivity index (χ4v) is 3.61. The lowest BCUT2D eigenvalue weighted by atomic mass is 10.0. The van der Waals surface area contributed by atoms with Crippen LogP contribution < -0.4 is 10.1 Å². The molecule has 0 spiro atoms. The van der Waals surface area contributed by atoms with Crippen LogP contribution in [-0.4, -0.2) is 48.6 Å². The summed E-state index contributed by atoms with van der Waals surface area (Å²) >= 11 is 0. The normalized spacial score (nSPS) is 14.6. The fourth-order valence-electron chi connectivity index (χ4n) is 3.61. The van der Waals surface area contributed by atoms with Gasteiger partial charge in [-0.15, -0.1) is 6.42 Å². The molecule has 31 heavy (non-hydrogen) atoms. The maximum Gasteiger partial charge on any atom is 0.318 e. The highest BCUT2D eigenvalue weighted by Crippen LogP contribution is 2.21. The Bertz CT molecular complexity index is 919. The predicted molar refractivity (Wildman–Crippen MR) is 115 cm³/mol. The highest BCUT2D eigenvalue weighted by molar-refractivity contribution is 5.74. The zero-order chi connectivity index (χ0) is 22.2. The molecule has 1 fully saturated rings. The quantitative estimate of drug-likeness (QED) is 0.684. The van der Waals surface area contributed by atoms with Crippen molar-refractivity contribution < 1.29 is 18.3 Å². The third-order valence-electron chi connectivity index (χ3n) is 5.43. The van der Waals surface area contributed by atoms with Gasteiger partial charge in [-0.1, -0.05) is 24.1 Å². The van der Waals surface area contributed by atoms with Crippen LogP contribution in [0.1, 0.15) is 24.0 Å². The summed E-state index contributed by atoms with van der Waals surface area (Å²) in [5.74, 6) is 1.79. The summed E-state index contributed by atoms with van der Waals surface area (Å²) in [5.41, 5.74) is 1.20. The Balaban J connectivity index is 1.67. The molecule has 0 bridgehead atoms. The molecule has 3 rings (SSSR count). The van der Waals surface area contributed by atoms with Crippen LogP contribution in [0.25, 0.3) is 0 Å². The molecule has 1 aliphatic heterocycles. The topological polar surface area (TPSA) is 44.8 Å². The van der Waals surface area contributed by atoms with Crippen LogP contribution >= 0.6 is 0 Å². The molecule has 0 radical (unpaired) electrons. The highest BCUT2D eigenvalue weighted by Gasteiger charge is 2.27. The number of hydrogen-bond donors (Lipinski definition) is 1. The number of urea groups is 1. The first-order valence-corrected chi connectivity index (χ1v) is 10.3. The number of nitrogens with zero attached hydrogens (tertiary/aromatic N) is 2. The average molecular weight is 427 g/mol. The van der Waals surface area contributed by atoms with Crippen molar-refractivity contribution in [2.24, 2.45) is 0 Å². The number of carbonyl (C=O) groups is 1. The van der Waals surface area contributed by atoms with Crippen molar-refractivity contribution >= 4 is 6.03 Å². The van der Waals surface area contributed by atoms with Gasteiger partial charge in [0, 0.05) is 24.2 Å². The second kappa shape index (κ2) is 10.8. The Labute approximate surface area is 182 Å². The van der Waals surface area contributed by atoms with Gasteiger partial charge >= 0.3 is 6.03 Å². The molecule has 164 valence electrons. The summed E-state index contributed by atoms with van der Waals surface area (Å²) in [6.07, 6.45) is 6.78.